The number of thiazole rings is 2. The van der Waals surface area contributed by atoms with Crippen LogP contribution in [0, 0.1) is 11.8 Å². The number of fused-ring (bicyclic) bond motifs is 2. The fourth-order valence-corrected chi connectivity index (χ4v) is 12.7. The predicted molar refractivity (Wildman–Crippen MR) is 240 cm³/mol. The van der Waals surface area contributed by atoms with Crippen LogP contribution >= 0.6 is 22.7 Å². The van der Waals surface area contributed by atoms with Crippen molar-refractivity contribution in [3.8, 4) is 0 Å². The third-order valence-electron chi connectivity index (χ3n) is 13.7. The van der Waals surface area contributed by atoms with Crippen molar-refractivity contribution in [3.05, 3.63) is 92.9 Å². The van der Waals surface area contributed by atoms with Gasteiger partial charge in [-0.2, -0.15) is 0 Å². The molecule has 4 heterocycles. The average Bonchev–Trinajstić information content (AvgIpc) is 3.82. The number of carbonyl (C=O) groups excluding carboxylic acids is 1. The lowest BCUT2D eigenvalue weighted by Crippen LogP contribution is -2.49. The van der Waals surface area contributed by atoms with Crippen molar-refractivity contribution in [3.63, 3.8) is 0 Å². The van der Waals surface area contributed by atoms with Gasteiger partial charge in [0.15, 0.2) is 16.0 Å². The SMILES string of the molecule is CCCN(CC1CCN([C@H](C(=O)[C@H](c2ccccc2)N2CCC(CN(CCC)C3CCc4nc(N)sc4C3)CC2)c2ccccc2)CC1)C1CCc2nc(N)sc2C1. The van der Waals surface area contributed by atoms with Crippen molar-refractivity contribution in [1.82, 2.24) is 29.6 Å². The highest BCUT2D eigenvalue weighted by Gasteiger charge is 2.40. The van der Waals surface area contributed by atoms with Gasteiger partial charge in [0.25, 0.3) is 0 Å². The molecule has 0 bridgehead atoms. The molecular weight excluding hydrogens is 757 g/mol. The number of likely N-dealkylation sites (tertiary alicyclic amines) is 2. The molecule has 0 amide bonds. The van der Waals surface area contributed by atoms with Crippen LogP contribution in [-0.2, 0) is 30.5 Å². The van der Waals surface area contributed by atoms with E-state index in [1.54, 1.807) is 22.7 Å². The van der Waals surface area contributed by atoms with Crippen LogP contribution in [0.2, 0.25) is 0 Å². The number of nitrogens with two attached hydrogens (primary N) is 2. The molecule has 9 nitrogen and oxygen atoms in total. The molecule has 0 saturated carbocycles. The molecule has 2 aromatic carbocycles. The molecule has 11 heteroatoms. The first-order valence-electron chi connectivity index (χ1n) is 22.4. The van der Waals surface area contributed by atoms with Gasteiger partial charge in [0.05, 0.1) is 23.5 Å². The topological polar surface area (TPSA) is 108 Å². The molecular formula is C47H66N8OS2. The first kappa shape index (κ1) is 41.5. The zero-order chi connectivity index (χ0) is 40.0. The number of anilines is 2. The van der Waals surface area contributed by atoms with Gasteiger partial charge in [0.2, 0.25) is 0 Å². The van der Waals surface area contributed by atoms with Crippen LogP contribution in [-0.4, -0.2) is 99.8 Å². The van der Waals surface area contributed by atoms with E-state index in [0.29, 0.717) is 40.0 Å². The molecule has 4 aliphatic rings. The fraction of sp³-hybridized carbons (Fsp3) is 0.596. The molecule has 4 atom stereocenters. The second-order valence-corrected chi connectivity index (χ2v) is 19.8. The summed E-state index contributed by atoms with van der Waals surface area (Å²) in [5.41, 5.74) is 16.9. The molecule has 4 aromatic rings. The number of benzene rings is 2. The summed E-state index contributed by atoms with van der Waals surface area (Å²) in [4.78, 5) is 38.0. The summed E-state index contributed by atoms with van der Waals surface area (Å²) in [6.07, 6.45) is 13.4. The Hall–Kier alpha value is -3.19. The van der Waals surface area contributed by atoms with Crippen molar-refractivity contribution in [1.29, 1.82) is 0 Å². The molecule has 4 N–H and O–H groups in total. The Labute approximate surface area is 355 Å². The molecule has 0 spiro atoms. The number of nitrogens with zero attached hydrogens (tertiary/aromatic N) is 6. The molecule has 2 aliphatic carbocycles. The normalized spacial score (nSPS) is 22.2. The maximum atomic E-state index is 15.4. The molecule has 2 saturated heterocycles. The quantitative estimate of drug-likeness (QED) is 0.116. The number of nitrogen functional groups attached to an aromatic ring is 2. The Morgan fingerprint density at radius 1 is 0.655 bits per heavy atom. The zero-order valence-corrected chi connectivity index (χ0v) is 36.6. The number of hydrogen-bond donors (Lipinski definition) is 2. The monoisotopic (exact) mass is 822 g/mol. The first-order valence-corrected chi connectivity index (χ1v) is 24.1. The molecule has 2 fully saturated rings. The van der Waals surface area contributed by atoms with Crippen LogP contribution in [0.5, 0.6) is 0 Å². The van der Waals surface area contributed by atoms with E-state index in [1.165, 1.54) is 34.0 Å². The van der Waals surface area contributed by atoms with Gasteiger partial charge in [-0.3, -0.25) is 24.4 Å². The van der Waals surface area contributed by atoms with E-state index in [2.05, 4.69) is 104 Å². The second kappa shape index (κ2) is 19.5. The summed E-state index contributed by atoms with van der Waals surface area (Å²) in [6.45, 7) is 13.0. The molecule has 8 rings (SSSR count). The van der Waals surface area contributed by atoms with Gasteiger partial charge in [-0.1, -0.05) is 74.5 Å². The maximum Gasteiger partial charge on any atom is 0.180 e. The lowest BCUT2D eigenvalue weighted by molar-refractivity contribution is -0.131. The number of ketones is 1. The smallest absolute Gasteiger partial charge is 0.180 e. The van der Waals surface area contributed by atoms with Gasteiger partial charge >= 0.3 is 0 Å². The summed E-state index contributed by atoms with van der Waals surface area (Å²) >= 11 is 3.38. The van der Waals surface area contributed by atoms with E-state index in [0.717, 1.165) is 128 Å². The van der Waals surface area contributed by atoms with Crippen molar-refractivity contribution in [2.24, 2.45) is 11.8 Å². The van der Waals surface area contributed by atoms with Gasteiger partial charge in [-0.15, -0.1) is 22.7 Å². The van der Waals surface area contributed by atoms with E-state index >= 15 is 4.79 Å². The van der Waals surface area contributed by atoms with Crippen LogP contribution in [0.3, 0.4) is 0 Å². The van der Waals surface area contributed by atoms with E-state index < -0.39 is 0 Å². The minimum absolute atomic E-state index is 0.262. The number of hydrogen-bond acceptors (Lipinski definition) is 11. The van der Waals surface area contributed by atoms with Crippen LogP contribution in [0.15, 0.2) is 60.7 Å². The van der Waals surface area contributed by atoms with Crippen molar-refractivity contribution in [2.45, 2.75) is 115 Å². The summed E-state index contributed by atoms with van der Waals surface area (Å²) in [7, 11) is 0. The van der Waals surface area contributed by atoms with Crippen LogP contribution in [0.4, 0.5) is 10.3 Å². The Balaban J connectivity index is 0.940. The number of carbonyl (C=O) groups is 1. The highest BCUT2D eigenvalue weighted by Crippen LogP contribution is 2.38. The largest absolute Gasteiger partial charge is 0.375 e. The van der Waals surface area contributed by atoms with E-state index in [-0.39, 0.29) is 12.1 Å². The van der Waals surface area contributed by atoms with E-state index in [1.807, 2.05) is 0 Å². The first-order chi connectivity index (χ1) is 28.4. The third-order valence-corrected chi connectivity index (χ3v) is 15.6. The number of aromatic nitrogens is 2. The van der Waals surface area contributed by atoms with Gasteiger partial charge in [-0.05, 0) is 139 Å². The van der Waals surface area contributed by atoms with Gasteiger partial charge in [-0.25, -0.2) is 9.97 Å². The number of rotatable bonds is 16. The summed E-state index contributed by atoms with van der Waals surface area (Å²) in [6, 6.07) is 22.0. The molecule has 2 unspecified atom stereocenters. The molecule has 0 radical (unpaired) electrons. The maximum absolute atomic E-state index is 15.4. The van der Waals surface area contributed by atoms with E-state index in [4.69, 9.17) is 11.5 Å². The Morgan fingerprint density at radius 2 is 1.05 bits per heavy atom. The second-order valence-electron chi connectivity index (χ2n) is 17.6. The summed E-state index contributed by atoms with van der Waals surface area (Å²) in [5.74, 6) is 1.60. The molecule has 312 valence electrons. The Morgan fingerprint density at radius 3 is 1.43 bits per heavy atom. The lowest BCUT2D eigenvalue weighted by Gasteiger charge is -2.44. The zero-order valence-electron chi connectivity index (χ0n) is 34.9. The van der Waals surface area contributed by atoms with Crippen molar-refractivity contribution >= 4 is 38.7 Å². The van der Waals surface area contributed by atoms with Gasteiger partial charge in [0.1, 0.15) is 0 Å². The number of aryl methyl sites for hydroxylation is 2. The van der Waals surface area contributed by atoms with Crippen LogP contribution < -0.4 is 11.5 Å². The minimum atomic E-state index is -0.262. The fourth-order valence-electron chi connectivity index (χ4n) is 10.8. The summed E-state index contributed by atoms with van der Waals surface area (Å²) < 4.78 is 0. The average molecular weight is 823 g/mol. The lowest BCUT2D eigenvalue weighted by atomic mass is 9.86. The molecule has 2 aliphatic heterocycles. The van der Waals surface area contributed by atoms with Gasteiger partial charge in [0, 0.05) is 34.9 Å². The highest BCUT2D eigenvalue weighted by atomic mass is 32.1. The third kappa shape index (κ3) is 9.71. The highest BCUT2D eigenvalue weighted by molar-refractivity contribution is 7.15. The van der Waals surface area contributed by atoms with Crippen molar-refractivity contribution in [2.75, 3.05) is 63.8 Å². The minimum Gasteiger partial charge on any atom is -0.375 e. The van der Waals surface area contributed by atoms with Gasteiger partial charge < -0.3 is 11.5 Å². The Kier molecular flexibility index (Phi) is 13.9. The molecule has 58 heavy (non-hydrogen) atoms. The number of piperidine rings is 2. The molecule has 2 aromatic heterocycles. The summed E-state index contributed by atoms with van der Waals surface area (Å²) in [5, 5.41) is 1.43. The Bertz CT molecular complexity index is 1770. The van der Waals surface area contributed by atoms with E-state index in [9.17, 15) is 0 Å². The van der Waals surface area contributed by atoms with Crippen molar-refractivity contribution < 1.29 is 4.79 Å². The number of Topliss-reactive ketones (excluding diaryl/α,β-unsaturated/α-hetero) is 1. The van der Waals surface area contributed by atoms with Crippen LogP contribution in [0.25, 0.3) is 0 Å². The standard InChI is InChI=1S/C47H66N8OS2/c1-3-23-54(37-15-17-39-41(29-37)57-46(48)50-39)31-33-19-25-52(26-20-33)43(35-11-7-5-8-12-35)45(56)44(36-13-9-6-10-14-36)53-27-21-34(22-28-53)32-55(24-4-2)38-16-18-40-42(30-38)58-47(49)51-40/h5-14,33-34,37-38,43-44H,3-4,15-32H2,1-2H3,(H2,48,50)(H2,49,51)/t37?,38?,43-,44-/m0/s1. The van der Waals surface area contributed by atoms with Crippen LogP contribution in [0.1, 0.15) is 110 Å². The predicted octanol–water partition coefficient (Wildman–Crippen LogP) is 8.08.